The molecule has 0 aliphatic heterocycles. The van der Waals surface area contributed by atoms with Crippen LogP contribution in [0.2, 0.25) is 0 Å². The number of nitrogens with two attached hydrogens (primary N) is 7. The molecule has 0 aliphatic carbocycles. The number of nitrogens with zero attached hydrogens (tertiary/aromatic N) is 2. The maximum atomic E-state index is 14.1. The fraction of sp³-hybridized carbons (Fsp3) is 0.565. The fourth-order valence-corrected chi connectivity index (χ4v) is 9.26. The third kappa shape index (κ3) is 35.1. The summed E-state index contributed by atoms with van der Waals surface area (Å²) >= 11 is 0. The van der Waals surface area contributed by atoms with E-state index in [1.165, 1.54) is 20.8 Å². The minimum atomic E-state index is -1.73. The van der Waals surface area contributed by atoms with E-state index in [2.05, 4.69) is 79.1 Å². The summed E-state index contributed by atoms with van der Waals surface area (Å²) in [6, 6.07) is 4.70. The van der Waals surface area contributed by atoms with Gasteiger partial charge >= 0.3 is 0 Å². The van der Waals surface area contributed by atoms with Crippen LogP contribution < -0.4 is 109 Å². The normalized spacial score (nSPS) is 14.2. The van der Waals surface area contributed by atoms with E-state index in [1.54, 1.807) is 30.3 Å². The molecule has 13 amide bonds. The summed E-state index contributed by atoms with van der Waals surface area (Å²) < 4.78 is 0. The Bertz CT molecular complexity index is 3010. The van der Waals surface area contributed by atoms with E-state index in [0.29, 0.717) is 31.4 Å². The molecule has 0 spiro atoms. The highest BCUT2D eigenvalue weighted by Gasteiger charge is 2.34. The van der Waals surface area contributed by atoms with Crippen LogP contribution in [0.25, 0.3) is 0 Å². The number of nitrogens with one attached hydrogen (secondary N) is 13. The van der Waals surface area contributed by atoms with Crippen LogP contribution in [0.5, 0.6) is 0 Å². The molecule has 37 heteroatoms. The largest absolute Gasteiger partial charge is 0.394 e. The van der Waals surface area contributed by atoms with Crippen molar-refractivity contribution >= 4 is 88.7 Å². The number of aliphatic imine (C=N–C) groups is 2. The van der Waals surface area contributed by atoms with E-state index in [9.17, 15) is 72.5 Å². The van der Waals surface area contributed by atoms with E-state index in [0.717, 1.165) is 5.56 Å². The van der Waals surface area contributed by atoms with Crippen molar-refractivity contribution in [3.8, 4) is 0 Å². The molecule has 0 radical (unpaired) electrons. The van der Waals surface area contributed by atoms with Crippen LogP contribution in [0.4, 0.5) is 0 Å². The number of amides is 13. The Balaban J connectivity index is 2.16. The number of aliphatic hydroxyl groups excluding tert-OH is 2. The van der Waals surface area contributed by atoms with Crippen molar-refractivity contribution in [3.63, 3.8) is 0 Å². The Kier molecular flexibility index (Phi) is 40.3. The number of guanidine groups is 2. The van der Waals surface area contributed by atoms with Crippen LogP contribution in [-0.2, 0) is 68.7 Å². The van der Waals surface area contributed by atoms with Crippen LogP contribution in [-0.4, -0.2) is 218 Å². The zero-order chi connectivity index (χ0) is 74.0. The molecule has 11 atom stereocenters. The van der Waals surface area contributed by atoms with Gasteiger partial charge < -0.3 is 119 Å². The summed E-state index contributed by atoms with van der Waals surface area (Å²) in [4.78, 5) is 181. The van der Waals surface area contributed by atoms with Gasteiger partial charge in [-0.3, -0.25) is 72.3 Å². The Hall–Kier alpha value is -10.1. The first-order chi connectivity index (χ1) is 47.0. The van der Waals surface area contributed by atoms with Gasteiger partial charge in [0, 0.05) is 25.6 Å². The molecular weight excluding hydrogens is 1290 g/mol. The van der Waals surface area contributed by atoms with Crippen LogP contribution in [0, 0.1) is 0 Å². The summed E-state index contributed by atoms with van der Waals surface area (Å²) in [5.74, 6) is -11.9. The van der Waals surface area contributed by atoms with Gasteiger partial charge in [0.2, 0.25) is 76.8 Å². The lowest BCUT2D eigenvalue weighted by molar-refractivity contribution is -0.136. The number of carbonyl (C=O) groups is 13. The van der Waals surface area contributed by atoms with Crippen molar-refractivity contribution in [1.29, 1.82) is 0 Å². The maximum absolute atomic E-state index is 14.1. The molecule has 37 nitrogen and oxygen atoms in total. The number of rotatable bonds is 48. The van der Waals surface area contributed by atoms with Crippen molar-refractivity contribution in [2.45, 2.75) is 165 Å². The minimum Gasteiger partial charge on any atom is -0.394 e. The van der Waals surface area contributed by atoms with Crippen LogP contribution >= 0.6 is 0 Å². The molecule has 0 unspecified atom stereocenters. The smallest absolute Gasteiger partial charge is 0.245 e. The first-order valence-corrected chi connectivity index (χ1v) is 32.4. The predicted molar refractivity (Wildman–Crippen MR) is 364 cm³/mol. The van der Waals surface area contributed by atoms with Crippen molar-refractivity contribution in [3.05, 3.63) is 71.8 Å². The van der Waals surface area contributed by atoms with Crippen LogP contribution in [0.3, 0.4) is 0 Å². The second-order valence-corrected chi connectivity index (χ2v) is 23.2. The lowest BCUT2D eigenvalue weighted by atomic mass is 10.0. The van der Waals surface area contributed by atoms with Crippen molar-refractivity contribution in [1.82, 2.24) is 69.1 Å². The second kappa shape index (κ2) is 46.9. The van der Waals surface area contributed by atoms with Gasteiger partial charge in [0.1, 0.15) is 54.4 Å². The van der Waals surface area contributed by atoms with Crippen LogP contribution in [0.1, 0.15) is 109 Å². The SMILES string of the molecule is C[C@H](NC(=O)CNC(=O)[C@@H](NC(=O)[C@H](Cc1ccccc1)NC(=O)CNC(=O)CNC(=O)CN[C@@H](C)c1ccccc1)[C@@H](C)O)C(=O)N[C@@H](CCCN=C(N)N)C(=O)N[C@@H](CCCCN)C(=O)N[C@@H](CO)C(=O)N[C@@H](C)C(=O)N[C@@H](CCCN=C(N)N)C(=O)N[C@@H](CCCCN)C(N)=O. The lowest BCUT2D eigenvalue weighted by Crippen LogP contribution is -2.60. The third-order valence-corrected chi connectivity index (χ3v) is 14.9. The molecule has 2 rings (SSSR count). The van der Waals surface area contributed by atoms with Gasteiger partial charge in [-0.2, -0.15) is 0 Å². The molecular formula is C62H102N22O15. The Morgan fingerprint density at radius 2 is 0.818 bits per heavy atom. The zero-order valence-corrected chi connectivity index (χ0v) is 56.4. The number of hydrogen-bond donors (Lipinski definition) is 22. The first kappa shape index (κ1) is 85.0. The average molecular weight is 1400 g/mol. The number of carbonyl (C=O) groups excluding carboxylic acids is 13. The van der Waals surface area contributed by atoms with Gasteiger partial charge in [-0.25, -0.2) is 0 Å². The number of primary amides is 1. The highest BCUT2D eigenvalue weighted by molar-refractivity contribution is 5.99. The van der Waals surface area contributed by atoms with E-state index >= 15 is 0 Å². The topological polar surface area (TPSA) is 626 Å². The number of benzene rings is 2. The molecule has 2 aromatic carbocycles. The summed E-state index contributed by atoms with van der Waals surface area (Å²) in [5.41, 5.74) is 40.2. The standard InChI is InChI=1S/C62H102N22O15/c1-35(40-19-9-6-10-20-40)72-30-47(87)73-31-48(88)74-32-50(90)78-45(29-39-17-7-5-8-18-39)58(97)84-51(38(4)86)60(99)75-33-49(89)76-36(2)53(92)80-44(24-16-28-71-62(68)69)56(95)82-42(22-12-14-26-64)57(96)83-46(34-85)59(98)77-37(3)54(93)81-43(23-15-27-70-61(66)67)55(94)79-41(52(65)91)21-11-13-25-63/h5-10,17-20,35-38,41-46,51,72,85-86H,11-16,21-34,63-64H2,1-4H3,(H2,65,91)(H,73,87)(H,74,88)(H,75,99)(H,76,89)(H,77,98)(H,78,90)(H,79,94)(H,80,92)(H,81,93)(H,82,95)(H,83,96)(H,84,97)(H4,66,67,70)(H4,68,69,71)/t35-,36-,37-,38+,41-,42-,43-,44-,45-,46-,51-/m0/s1. The van der Waals surface area contributed by atoms with Crippen LogP contribution in [0.15, 0.2) is 70.6 Å². The monoisotopic (exact) mass is 1390 g/mol. The molecule has 0 bridgehead atoms. The Labute approximate surface area is 574 Å². The van der Waals surface area contributed by atoms with E-state index in [1.807, 2.05) is 37.3 Å². The first-order valence-electron chi connectivity index (χ1n) is 32.4. The molecule has 0 saturated carbocycles. The highest BCUT2D eigenvalue weighted by Crippen LogP contribution is 2.12. The molecule has 99 heavy (non-hydrogen) atoms. The molecule has 29 N–H and O–H groups in total. The minimum absolute atomic E-state index is 0.0232. The lowest BCUT2D eigenvalue weighted by Gasteiger charge is -2.26. The quantitative estimate of drug-likeness (QED) is 0.0166. The van der Waals surface area contributed by atoms with Gasteiger partial charge in [0.25, 0.3) is 0 Å². The molecule has 2 aromatic rings. The number of unbranched alkanes of at least 4 members (excludes halogenated alkanes) is 2. The molecule has 550 valence electrons. The summed E-state index contributed by atoms with van der Waals surface area (Å²) in [7, 11) is 0. The number of aliphatic hydroxyl groups is 2. The van der Waals surface area contributed by atoms with E-state index < -0.39 is 164 Å². The Morgan fingerprint density at radius 1 is 0.414 bits per heavy atom. The average Bonchev–Trinajstić information content (AvgIpc) is 0.949. The summed E-state index contributed by atoms with van der Waals surface area (Å²) in [6.45, 7) is 3.09. The number of hydrogen-bond acceptors (Lipinski definition) is 20. The summed E-state index contributed by atoms with van der Waals surface area (Å²) in [6.07, 6.45) is 0.0588. The van der Waals surface area contributed by atoms with Gasteiger partial charge in [0.05, 0.1) is 38.9 Å². The summed E-state index contributed by atoms with van der Waals surface area (Å²) in [5, 5.41) is 53.3. The van der Waals surface area contributed by atoms with E-state index in [-0.39, 0.29) is 95.5 Å². The molecule has 0 aromatic heterocycles. The van der Waals surface area contributed by atoms with Gasteiger partial charge in [0.15, 0.2) is 11.9 Å². The van der Waals surface area contributed by atoms with Crippen molar-refractivity contribution in [2.24, 2.45) is 50.1 Å². The maximum Gasteiger partial charge on any atom is 0.245 e. The predicted octanol–water partition coefficient (Wildman–Crippen LogP) is -8.44. The zero-order valence-electron chi connectivity index (χ0n) is 56.4. The molecule has 0 heterocycles. The van der Waals surface area contributed by atoms with Gasteiger partial charge in [-0.05, 0) is 116 Å². The Morgan fingerprint density at radius 3 is 1.30 bits per heavy atom. The highest BCUT2D eigenvalue weighted by atomic mass is 16.3. The fourth-order valence-electron chi connectivity index (χ4n) is 9.26. The molecule has 0 saturated heterocycles. The third-order valence-electron chi connectivity index (χ3n) is 14.9. The van der Waals surface area contributed by atoms with Gasteiger partial charge in [-0.15, -0.1) is 0 Å². The molecule has 0 fully saturated rings. The van der Waals surface area contributed by atoms with Crippen molar-refractivity contribution in [2.75, 3.05) is 59.0 Å². The van der Waals surface area contributed by atoms with Gasteiger partial charge in [-0.1, -0.05) is 60.7 Å². The molecule has 0 aliphatic rings. The van der Waals surface area contributed by atoms with Crippen molar-refractivity contribution < 1.29 is 72.5 Å². The van der Waals surface area contributed by atoms with E-state index in [4.69, 9.17) is 40.1 Å². The second-order valence-electron chi connectivity index (χ2n) is 23.2.